The average Bonchev–Trinajstić information content (AvgIpc) is 3.65. The number of nitrogens with one attached hydrogen (secondary N) is 1. The third-order valence-corrected chi connectivity index (χ3v) is 12.2. The number of piperidine rings is 3. The van der Waals surface area contributed by atoms with Crippen molar-refractivity contribution in [2.24, 2.45) is 0 Å². The van der Waals surface area contributed by atoms with Crippen LogP contribution in [0.3, 0.4) is 0 Å². The van der Waals surface area contributed by atoms with Crippen molar-refractivity contribution in [2.45, 2.75) is 56.5 Å². The molecule has 0 spiro atoms. The van der Waals surface area contributed by atoms with Crippen molar-refractivity contribution in [3.8, 4) is 22.7 Å². The predicted molar refractivity (Wildman–Crippen MR) is 211 cm³/mol. The maximum atomic E-state index is 13.5. The number of amides is 3. The quantitative estimate of drug-likeness (QED) is 0.220. The summed E-state index contributed by atoms with van der Waals surface area (Å²) >= 11 is 0. The van der Waals surface area contributed by atoms with Crippen LogP contribution in [0.4, 0.5) is 11.4 Å². The average molecular weight is 739 g/mol. The highest BCUT2D eigenvalue weighted by Crippen LogP contribution is 2.32. The van der Waals surface area contributed by atoms with Crippen LogP contribution < -0.4 is 15.1 Å². The van der Waals surface area contributed by atoms with Crippen LogP contribution in [0.2, 0.25) is 0 Å². The van der Waals surface area contributed by atoms with Crippen LogP contribution in [0.15, 0.2) is 91.1 Å². The number of carbonyl (C=O) groups is 3. The largest absolute Gasteiger partial charge is 0.507 e. The van der Waals surface area contributed by atoms with E-state index in [1.165, 1.54) is 5.69 Å². The summed E-state index contributed by atoms with van der Waals surface area (Å²) in [5, 5.41) is 21.5. The Morgan fingerprint density at radius 3 is 2.09 bits per heavy atom. The Morgan fingerprint density at radius 1 is 0.673 bits per heavy atom. The Labute approximate surface area is 320 Å². The molecule has 0 radical (unpaired) electrons. The number of phenolic OH excluding ortho intramolecular Hbond substituents is 1. The number of piperazine rings is 1. The van der Waals surface area contributed by atoms with Crippen LogP contribution in [-0.4, -0.2) is 105 Å². The Bertz CT molecular complexity index is 2200. The fourth-order valence-electron chi connectivity index (χ4n) is 9.08. The number of anilines is 2. The molecule has 4 aliphatic heterocycles. The summed E-state index contributed by atoms with van der Waals surface area (Å²) in [6.45, 7) is 6.16. The molecule has 4 saturated heterocycles. The van der Waals surface area contributed by atoms with Crippen LogP contribution >= 0.6 is 0 Å². The molecule has 282 valence electrons. The molecule has 1 atom stereocenters. The first-order valence-corrected chi connectivity index (χ1v) is 19.6. The number of phenols is 1. The van der Waals surface area contributed by atoms with Gasteiger partial charge in [-0.1, -0.05) is 24.3 Å². The standard InChI is InChI=1S/C43H46N8O4/c52-40-4-2-1-3-36(40)38-27-39-37(45-46-38)19-24-50(39)33-9-11-34(12-10-33)51-26-25-49(28-42(51)54)32-17-22-48(23-18-32)31-15-20-47(21-16-31)30-7-5-29(6-8-30)35-13-14-41(53)44-43(35)55/h1-12,19,24,27,31-32,35,52H,13-18,20-23,25-26,28H2,(H,44,53,55). The highest BCUT2D eigenvalue weighted by molar-refractivity contribution is 6.01. The lowest BCUT2D eigenvalue weighted by Gasteiger charge is -2.45. The maximum absolute atomic E-state index is 13.5. The number of hydrogen-bond acceptors (Lipinski definition) is 9. The minimum atomic E-state index is -0.247. The molecule has 1 unspecified atom stereocenters. The highest BCUT2D eigenvalue weighted by atomic mass is 16.3. The predicted octanol–water partition coefficient (Wildman–Crippen LogP) is 5.10. The van der Waals surface area contributed by atoms with Gasteiger partial charge in [0.15, 0.2) is 0 Å². The number of rotatable bonds is 7. The fraction of sp³-hybridized carbons (Fsp3) is 0.372. The number of imide groups is 1. The number of carbonyl (C=O) groups excluding carboxylic acids is 3. The van der Waals surface area contributed by atoms with E-state index < -0.39 is 0 Å². The zero-order valence-electron chi connectivity index (χ0n) is 30.9. The topological polar surface area (TPSA) is 127 Å². The third-order valence-electron chi connectivity index (χ3n) is 12.2. The second kappa shape index (κ2) is 14.9. The lowest BCUT2D eigenvalue weighted by molar-refractivity contribution is -0.134. The van der Waals surface area contributed by atoms with E-state index in [4.69, 9.17) is 0 Å². The van der Waals surface area contributed by atoms with Crippen LogP contribution in [0.1, 0.15) is 50.0 Å². The van der Waals surface area contributed by atoms with Gasteiger partial charge in [0, 0.05) is 73.5 Å². The van der Waals surface area contributed by atoms with Crippen LogP contribution in [0.25, 0.3) is 28.0 Å². The smallest absolute Gasteiger partial charge is 0.241 e. The van der Waals surface area contributed by atoms with E-state index in [1.807, 2.05) is 71.8 Å². The first kappa shape index (κ1) is 35.1. The molecule has 0 bridgehead atoms. The van der Waals surface area contributed by atoms with E-state index in [9.17, 15) is 19.5 Å². The molecule has 0 saturated carbocycles. The Morgan fingerprint density at radius 2 is 1.36 bits per heavy atom. The second-order valence-electron chi connectivity index (χ2n) is 15.3. The van der Waals surface area contributed by atoms with Gasteiger partial charge in [-0.3, -0.25) is 24.6 Å². The highest BCUT2D eigenvalue weighted by Gasteiger charge is 2.34. The number of hydrogen-bond donors (Lipinski definition) is 2. The summed E-state index contributed by atoms with van der Waals surface area (Å²) in [5.74, 6) is -0.306. The van der Waals surface area contributed by atoms with Gasteiger partial charge in [0.25, 0.3) is 0 Å². The van der Waals surface area contributed by atoms with Crippen molar-refractivity contribution in [1.82, 2.24) is 29.9 Å². The number of nitrogens with zero attached hydrogens (tertiary/aromatic N) is 7. The minimum absolute atomic E-state index is 0.146. The van der Waals surface area contributed by atoms with Crippen molar-refractivity contribution < 1.29 is 19.5 Å². The van der Waals surface area contributed by atoms with Gasteiger partial charge in [-0.2, -0.15) is 0 Å². The minimum Gasteiger partial charge on any atom is -0.507 e. The van der Waals surface area contributed by atoms with Crippen LogP contribution in [0.5, 0.6) is 5.75 Å². The van der Waals surface area contributed by atoms with Crippen molar-refractivity contribution in [3.63, 3.8) is 0 Å². The van der Waals surface area contributed by atoms with E-state index >= 15 is 0 Å². The zero-order chi connectivity index (χ0) is 37.5. The van der Waals surface area contributed by atoms with Gasteiger partial charge in [0.05, 0.1) is 23.7 Å². The second-order valence-corrected chi connectivity index (χ2v) is 15.3. The van der Waals surface area contributed by atoms with E-state index in [0.29, 0.717) is 49.3 Å². The lowest BCUT2D eigenvalue weighted by atomic mass is 9.90. The van der Waals surface area contributed by atoms with Gasteiger partial charge in [0.2, 0.25) is 17.7 Å². The van der Waals surface area contributed by atoms with Gasteiger partial charge < -0.3 is 24.4 Å². The third kappa shape index (κ3) is 7.07. The number of aromatic hydroxyl groups is 1. The van der Waals surface area contributed by atoms with Crippen molar-refractivity contribution in [2.75, 3.05) is 55.6 Å². The lowest BCUT2D eigenvalue weighted by Crippen LogP contribution is -2.57. The molecule has 12 nitrogen and oxygen atoms in total. The summed E-state index contributed by atoms with van der Waals surface area (Å²) in [6.07, 6.45) is 7.37. The molecule has 6 heterocycles. The van der Waals surface area contributed by atoms with E-state index in [1.54, 1.807) is 12.1 Å². The van der Waals surface area contributed by atoms with Gasteiger partial charge >= 0.3 is 0 Å². The molecular weight excluding hydrogens is 693 g/mol. The molecule has 4 fully saturated rings. The summed E-state index contributed by atoms with van der Waals surface area (Å²) in [5.41, 5.74) is 6.92. The van der Waals surface area contributed by atoms with Gasteiger partial charge in [-0.05, 0) is 111 Å². The van der Waals surface area contributed by atoms with Crippen molar-refractivity contribution >= 4 is 40.1 Å². The molecule has 0 aliphatic carbocycles. The molecule has 2 N–H and O–H groups in total. The fourth-order valence-corrected chi connectivity index (χ4v) is 9.08. The Hall–Kier alpha value is -5.59. The molecule has 12 heteroatoms. The van der Waals surface area contributed by atoms with E-state index in [2.05, 4.69) is 46.9 Å². The SMILES string of the molecule is O=C1CCC(c2ccc(N3CCC(N4CCC(N5CCN(c6ccc(-n7ccc8nnc(-c9ccccc9O)cc87)cc6)C(=O)C5)CC4)CC3)cc2)C(=O)N1. The molecule has 2 aromatic heterocycles. The monoisotopic (exact) mass is 738 g/mol. The van der Waals surface area contributed by atoms with Crippen molar-refractivity contribution in [1.29, 1.82) is 0 Å². The molecule has 4 aliphatic rings. The first-order chi connectivity index (χ1) is 26.9. The van der Waals surface area contributed by atoms with Gasteiger partial charge in [-0.25, -0.2) is 0 Å². The normalized spacial score (nSPS) is 21.0. The van der Waals surface area contributed by atoms with Gasteiger partial charge in [0.1, 0.15) is 11.3 Å². The Kier molecular flexibility index (Phi) is 9.53. The molecule has 5 aromatic rings. The van der Waals surface area contributed by atoms with Crippen LogP contribution in [0, 0.1) is 0 Å². The first-order valence-electron chi connectivity index (χ1n) is 19.6. The zero-order valence-corrected chi connectivity index (χ0v) is 30.9. The van der Waals surface area contributed by atoms with Crippen molar-refractivity contribution in [3.05, 3.63) is 96.7 Å². The maximum Gasteiger partial charge on any atom is 0.241 e. The Balaban J connectivity index is 0.756. The summed E-state index contributed by atoms with van der Waals surface area (Å²) < 4.78 is 2.05. The summed E-state index contributed by atoms with van der Waals surface area (Å²) in [4.78, 5) is 46.8. The van der Waals surface area contributed by atoms with E-state index in [-0.39, 0.29) is 29.4 Å². The molecule has 3 aromatic carbocycles. The van der Waals surface area contributed by atoms with E-state index in [0.717, 1.165) is 86.4 Å². The number of aromatic nitrogens is 3. The summed E-state index contributed by atoms with van der Waals surface area (Å²) in [7, 11) is 0. The summed E-state index contributed by atoms with van der Waals surface area (Å²) in [6, 6.07) is 28.5. The number of likely N-dealkylation sites (tertiary alicyclic amines) is 1. The molecule has 55 heavy (non-hydrogen) atoms. The number of benzene rings is 3. The molecule has 3 amide bonds. The van der Waals surface area contributed by atoms with Crippen LogP contribution in [-0.2, 0) is 14.4 Å². The number of fused-ring (bicyclic) bond motifs is 1. The van der Waals surface area contributed by atoms with Gasteiger partial charge in [-0.15, -0.1) is 10.2 Å². The molecular formula is C43H46N8O4. The number of para-hydroxylation sites is 1. The molecule has 9 rings (SSSR count).